The highest BCUT2D eigenvalue weighted by Crippen LogP contribution is 2.23. The lowest BCUT2D eigenvalue weighted by Gasteiger charge is -2.10. The molecule has 84 valence electrons. The summed E-state index contributed by atoms with van der Waals surface area (Å²) in [6, 6.07) is 4.64. The molecule has 0 radical (unpaired) electrons. The molecule has 0 bridgehead atoms. The van der Waals surface area contributed by atoms with Gasteiger partial charge in [-0.15, -0.1) is 0 Å². The molecular weight excluding hydrogens is 198 g/mol. The summed E-state index contributed by atoms with van der Waals surface area (Å²) in [6.45, 7) is 3.21. The SMILES string of the molecule is Cc1cc(C(F)F)ccc1NCCCN. The van der Waals surface area contributed by atoms with E-state index >= 15 is 0 Å². The van der Waals surface area contributed by atoms with E-state index in [0.29, 0.717) is 6.54 Å². The minimum atomic E-state index is -2.40. The fourth-order valence-corrected chi connectivity index (χ4v) is 1.35. The summed E-state index contributed by atoms with van der Waals surface area (Å²) in [5, 5.41) is 3.16. The maximum Gasteiger partial charge on any atom is 0.263 e. The second kappa shape index (κ2) is 5.66. The van der Waals surface area contributed by atoms with Crippen molar-refractivity contribution in [1.82, 2.24) is 0 Å². The van der Waals surface area contributed by atoms with Gasteiger partial charge in [-0.05, 0) is 37.6 Å². The standard InChI is InChI=1S/C11H16F2N2/c1-8-7-9(11(12)13)3-4-10(8)15-6-2-5-14/h3-4,7,11,15H,2,5-6,14H2,1H3. The first kappa shape index (κ1) is 11.9. The minimum Gasteiger partial charge on any atom is -0.385 e. The lowest BCUT2D eigenvalue weighted by molar-refractivity contribution is 0.151. The highest BCUT2D eigenvalue weighted by molar-refractivity contribution is 5.52. The Bertz CT molecular complexity index is 313. The molecule has 0 aliphatic rings. The normalized spacial score (nSPS) is 10.7. The van der Waals surface area contributed by atoms with Crippen LogP contribution in [0.15, 0.2) is 18.2 Å². The van der Waals surface area contributed by atoms with Crippen molar-refractivity contribution >= 4 is 5.69 Å². The summed E-state index contributed by atoms with van der Waals surface area (Å²) in [5.41, 5.74) is 7.16. The van der Waals surface area contributed by atoms with E-state index < -0.39 is 6.43 Å². The van der Waals surface area contributed by atoms with E-state index in [1.165, 1.54) is 12.1 Å². The van der Waals surface area contributed by atoms with Crippen molar-refractivity contribution in [1.29, 1.82) is 0 Å². The second-order valence-electron chi connectivity index (χ2n) is 3.44. The van der Waals surface area contributed by atoms with E-state index in [1.54, 1.807) is 6.07 Å². The number of nitrogens with one attached hydrogen (secondary N) is 1. The van der Waals surface area contributed by atoms with Crippen LogP contribution < -0.4 is 11.1 Å². The first-order valence-electron chi connectivity index (χ1n) is 4.97. The number of nitrogens with two attached hydrogens (primary N) is 1. The molecule has 0 spiro atoms. The van der Waals surface area contributed by atoms with Gasteiger partial charge in [-0.2, -0.15) is 0 Å². The van der Waals surface area contributed by atoms with Crippen LogP contribution in [-0.4, -0.2) is 13.1 Å². The summed E-state index contributed by atoms with van der Waals surface area (Å²) >= 11 is 0. The van der Waals surface area contributed by atoms with Gasteiger partial charge in [0.05, 0.1) is 0 Å². The van der Waals surface area contributed by atoms with Crippen LogP contribution in [0.1, 0.15) is 24.0 Å². The van der Waals surface area contributed by atoms with E-state index in [9.17, 15) is 8.78 Å². The Morgan fingerprint density at radius 3 is 2.67 bits per heavy atom. The molecule has 0 unspecified atom stereocenters. The van der Waals surface area contributed by atoms with Crippen LogP contribution in [0.2, 0.25) is 0 Å². The number of benzene rings is 1. The number of halogens is 2. The average Bonchev–Trinajstić information content (AvgIpc) is 2.20. The van der Waals surface area contributed by atoms with Gasteiger partial charge in [0, 0.05) is 17.8 Å². The van der Waals surface area contributed by atoms with Crippen molar-refractivity contribution in [3.63, 3.8) is 0 Å². The summed E-state index contributed by atoms with van der Waals surface area (Å²) < 4.78 is 24.7. The molecule has 4 heteroatoms. The van der Waals surface area contributed by atoms with E-state index in [0.717, 1.165) is 24.2 Å². The zero-order valence-electron chi connectivity index (χ0n) is 8.76. The van der Waals surface area contributed by atoms with Crippen molar-refractivity contribution in [3.8, 4) is 0 Å². The van der Waals surface area contributed by atoms with Gasteiger partial charge < -0.3 is 11.1 Å². The minimum absolute atomic E-state index is 0.0666. The second-order valence-corrected chi connectivity index (χ2v) is 3.44. The van der Waals surface area contributed by atoms with Crippen molar-refractivity contribution in [2.45, 2.75) is 19.8 Å². The third-order valence-electron chi connectivity index (χ3n) is 2.20. The van der Waals surface area contributed by atoms with E-state index in [1.807, 2.05) is 6.92 Å². The maximum atomic E-state index is 12.3. The predicted molar refractivity (Wildman–Crippen MR) is 58.3 cm³/mol. The van der Waals surface area contributed by atoms with Crippen LogP contribution in [-0.2, 0) is 0 Å². The Balaban J connectivity index is 2.66. The van der Waals surface area contributed by atoms with Crippen LogP contribution in [0.25, 0.3) is 0 Å². The molecule has 0 aromatic heterocycles. The molecule has 0 aliphatic heterocycles. The Labute approximate surface area is 88.5 Å². The fraction of sp³-hybridized carbons (Fsp3) is 0.455. The van der Waals surface area contributed by atoms with Gasteiger partial charge in [0.2, 0.25) is 0 Å². The van der Waals surface area contributed by atoms with Crippen molar-refractivity contribution in [2.75, 3.05) is 18.4 Å². The van der Waals surface area contributed by atoms with Crippen molar-refractivity contribution < 1.29 is 8.78 Å². The molecule has 15 heavy (non-hydrogen) atoms. The highest BCUT2D eigenvalue weighted by atomic mass is 19.3. The van der Waals surface area contributed by atoms with Gasteiger partial charge in [0.1, 0.15) is 0 Å². The van der Waals surface area contributed by atoms with Gasteiger partial charge in [0.25, 0.3) is 6.43 Å². The van der Waals surface area contributed by atoms with Crippen LogP contribution in [0.4, 0.5) is 14.5 Å². The third kappa shape index (κ3) is 3.47. The smallest absolute Gasteiger partial charge is 0.263 e. The molecule has 0 saturated heterocycles. The molecular formula is C11H16F2N2. The number of alkyl halides is 2. The highest BCUT2D eigenvalue weighted by Gasteiger charge is 2.07. The monoisotopic (exact) mass is 214 g/mol. The van der Waals surface area contributed by atoms with E-state index in [2.05, 4.69) is 5.32 Å². The van der Waals surface area contributed by atoms with Crippen LogP contribution in [0, 0.1) is 6.92 Å². The molecule has 0 saturated carbocycles. The van der Waals surface area contributed by atoms with Crippen LogP contribution in [0.5, 0.6) is 0 Å². The summed E-state index contributed by atoms with van der Waals surface area (Å²) in [7, 11) is 0. The molecule has 1 rings (SSSR count). The largest absolute Gasteiger partial charge is 0.385 e. The van der Waals surface area contributed by atoms with Crippen LogP contribution in [0.3, 0.4) is 0 Å². The Kier molecular flexibility index (Phi) is 4.49. The van der Waals surface area contributed by atoms with Gasteiger partial charge in [-0.3, -0.25) is 0 Å². The van der Waals surface area contributed by atoms with E-state index in [-0.39, 0.29) is 5.56 Å². The Hall–Kier alpha value is -1.16. The molecule has 1 aromatic carbocycles. The van der Waals surface area contributed by atoms with Gasteiger partial charge in [-0.25, -0.2) is 8.78 Å². The van der Waals surface area contributed by atoms with Crippen molar-refractivity contribution in [3.05, 3.63) is 29.3 Å². The van der Waals surface area contributed by atoms with Gasteiger partial charge in [-0.1, -0.05) is 6.07 Å². The molecule has 0 amide bonds. The number of aryl methyl sites for hydroxylation is 1. The number of anilines is 1. The third-order valence-corrected chi connectivity index (χ3v) is 2.20. The van der Waals surface area contributed by atoms with Gasteiger partial charge in [0.15, 0.2) is 0 Å². The molecule has 0 heterocycles. The molecule has 0 atom stereocenters. The first-order valence-corrected chi connectivity index (χ1v) is 4.97. The molecule has 1 aromatic rings. The number of rotatable bonds is 5. The van der Waals surface area contributed by atoms with E-state index in [4.69, 9.17) is 5.73 Å². The zero-order valence-corrected chi connectivity index (χ0v) is 8.76. The quantitative estimate of drug-likeness (QED) is 0.739. The first-order chi connectivity index (χ1) is 7.15. The summed E-state index contributed by atoms with van der Waals surface area (Å²) in [4.78, 5) is 0. The maximum absolute atomic E-state index is 12.3. The number of hydrogen-bond acceptors (Lipinski definition) is 2. The lowest BCUT2D eigenvalue weighted by Crippen LogP contribution is -2.09. The Morgan fingerprint density at radius 1 is 1.40 bits per heavy atom. The molecule has 0 aliphatic carbocycles. The molecule has 0 fully saturated rings. The lowest BCUT2D eigenvalue weighted by atomic mass is 10.1. The van der Waals surface area contributed by atoms with Gasteiger partial charge >= 0.3 is 0 Å². The Morgan fingerprint density at radius 2 is 2.13 bits per heavy atom. The fourth-order valence-electron chi connectivity index (χ4n) is 1.35. The zero-order chi connectivity index (χ0) is 11.3. The number of hydrogen-bond donors (Lipinski definition) is 2. The van der Waals surface area contributed by atoms with Crippen LogP contribution >= 0.6 is 0 Å². The summed E-state index contributed by atoms with van der Waals surface area (Å²) in [5.74, 6) is 0. The topological polar surface area (TPSA) is 38.0 Å². The van der Waals surface area contributed by atoms with Crippen molar-refractivity contribution in [2.24, 2.45) is 5.73 Å². The average molecular weight is 214 g/mol. The summed E-state index contributed by atoms with van der Waals surface area (Å²) in [6.07, 6.45) is -1.53. The predicted octanol–water partition coefficient (Wildman–Crippen LogP) is 2.69. The molecule has 3 N–H and O–H groups in total. The molecule has 2 nitrogen and oxygen atoms in total.